The second-order valence-electron chi connectivity index (χ2n) is 3.84. The molecule has 0 radical (unpaired) electrons. The van der Waals surface area contributed by atoms with Gasteiger partial charge in [-0.3, -0.25) is 4.79 Å². The molecule has 2 aromatic heterocycles. The highest BCUT2D eigenvalue weighted by Crippen LogP contribution is 2.16. The molecule has 0 saturated heterocycles. The maximum absolute atomic E-state index is 11.9. The molecule has 0 aliphatic heterocycles. The first kappa shape index (κ1) is 12.6. The summed E-state index contributed by atoms with van der Waals surface area (Å²) in [6.07, 6.45) is 1.78. The zero-order chi connectivity index (χ0) is 13.0. The summed E-state index contributed by atoms with van der Waals surface area (Å²) in [6, 6.07) is 5.58. The number of hydrogen-bond acceptors (Lipinski definition) is 3. The summed E-state index contributed by atoms with van der Waals surface area (Å²) in [5, 5.41) is 10.6. The Kier molecular flexibility index (Phi) is 3.98. The van der Waals surface area contributed by atoms with E-state index in [1.807, 2.05) is 17.5 Å². The van der Waals surface area contributed by atoms with E-state index in [0.717, 1.165) is 16.0 Å². The van der Waals surface area contributed by atoms with Crippen LogP contribution in [0.5, 0.6) is 0 Å². The second kappa shape index (κ2) is 5.67. The van der Waals surface area contributed by atoms with E-state index < -0.39 is 0 Å². The summed E-state index contributed by atoms with van der Waals surface area (Å²) in [5.41, 5.74) is 1.63. The Morgan fingerprint density at radius 1 is 1.44 bits per heavy atom. The van der Waals surface area contributed by atoms with Gasteiger partial charge in [-0.05, 0) is 24.4 Å². The van der Waals surface area contributed by atoms with Crippen LogP contribution in [0.4, 0.5) is 0 Å². The topological polar surface area (TPSA) is 42.2 Å². The molecule has 18 heavy (non-hydrogen) atoms. The van der Waals surface area contributed by atoms with Crippen LogP contribution in [0.2, 0.25) is 0 Å². The fourth-order valence-corrected chi connectivity index (χ4v) is 2.47. The highest BCUT2D eigenvalue weighted by molar-refractivity contribution is 7.10. The van der Waals surface area contributed by atoms with Gasteiger partial charge in [-0.1, -0.05) is 17.9 Å². The van der Waals surface area contributed by atoms with Crippen LogP contribution in [0.15, 0.2) is 34.6 Å². The molecule has 0 atom stereocenters. The maximum Gasteiger partial charge on any atom is 0.253 e. The summed E-state index contributed by atoms with van der Waals surface area (Å²) in [7, 11) is 0. The molecule has 92 valence electrons. The average molecular weight is 259 g/mol. The smallest absolute Gasteiger partial charge is 0.253 e. The molecule has 0 aliphatic carbocycles. The Balaban J connectivity index is 2.32. The number of aryl methyl sites for hydroxylation is 1. The largest absolute Gasteiger partial charge is 0.384 e. The lowest BCUT2D eigenvalue weighted by molar-refractivity contribution is 0.350. The highest BCUT2D eigenvalue weighted by atomic mass is 32.1. The van der Waals surface area contributed by atoms with Crippen LogP contribution in [0.25, 0.3) is 0 Å². The normalized spacial score (nSPS) is 9.89. The van der Waals surface area contributed by atoms with Crippen molar-refractivity contribution in [3.63, 3.8) is 0 Å². The first-order valence-electron chi connectivity index (χ1n) is 5.54. The third-order valence-electron chi connectivity index (χ3n) is 2.57. The summed E-state index contributed by atoms with van der Waals surface area (Å²) in [4.78, 5) is 12.9. The fraction of sp³-hybridized carbons (Fsp3) is 0.214. The van der Waals surface area contributed by atoms with Gasteiger partial charge in [0.15, 0.2) is 0 Å². The van der Waals surface area contributed by atoms with Gasteiger partial charge in [0.05, 0.1) is 6.54 Å². The number of nitrogens with zero attached hydrogens (tertiary/aromatic N) is 1. The third-order valence-corrected chi connectivity index (χ3v) is 3.48. The van der Waals surface area contributed by atoms with Crippen LogP contribution in [-0.4, -0.2) is 16.3 Å². The van der Waals surface area contributed by atoms with Gasteiger partial charge in [-0.2, -0.15) is 0 Å². The fourth-order valence-electron chi connectivity index (χ4n) is 1.65. The number of hydrogen-bond donors (Lipinski definition) is 1. The van der Waals surface area contributed by atoms with Crippen molar-refractivity contribution >= 4 is 11.3 Å². The molecule has 0 spiro atoms. The minimum Gasteiger partial charge on any atom is -0.384 e. The lowest BCUT2D eigenvalue weighted by Crippen LogP contribution is -2.21. The zero-order valence-electron chi connectivity index (χ0n) is 10.0. The van der Waals surface area contributed by atoms with E-state index in [0.29, 0.717) is 6.54 Å². The molecule has 0 aromatic carbocycles. The van der Waals surface area contributed by atoms with Gasteiger partial charge in [0.1, 0.15) is 6.61 Å². The molecule has 1 N–H and O–H groups in total. The number of aromatic nitrogens is 1. The molecule has 4 heteroatoms. The van der Waals surface area contributed by atoms with Gasteiger partial charge in [0.25, 0.3) is 5.56 Å². The van der Waals surface area contributed by atoms with Crippen LogP contribution in [0, 0.1) is 18.8 Å². The number of pyridine rings is 1. The van der Waals surface area contributed by atoms with E-state index in [2.05, 4.69) is 11.8 Å². The molecule has 0 bridgehead atoms. The standard InChI is InChI=1S/C14H13NO2S/c1-11-4-2-7-15(14(11)17)10-13-12(5-3-8-16)6-9-18-13/h2,4,6-7,9,16H,8,10H2,1H3. The Bertz CT molecular complexity index is 658. The van der Waals surface area contributed by atoms with Gasteiger partial charge in [0, 0.05) is 22.2 Å². The molecule has 0 saturated carbocycles. The number of aliphatic hydroxyl groups is 1. The Morgan fingerprint density at radius 3 is 3.06 bits per heavy atom. The van der Waals surface area contributed by atoms with Gasteiger partial charge < -0.3 is 9.67 Å². The van der Waals surface area contributed by atoms with Crippen molar-refractivity contribution < 1.29 is 5.11 Å². The second-order valence-corrected chi connectivity index (χ2v) is 4.84. The van der Waals surface area contributed by atoms with Gasteiger partial charge in [-0.25, -0.2) is 0 Å². The summed E-state index contributed by atoms with van der Waals surface area (Å²) < 4.78 is 1.67. The monoisotopic (exact) mass is 259 g/mol. The zero-order valence-corrected chi connectivity index (χ0v) is 10.8. The Morgan fingerprint density at radius 2 is 2.28 bits per heavy atom. The van der Waals surface area contributed by atoms with Crippen LogP contribution in [0.3, 0.4) is 0 Å². The molecule has 3 nitrogen and oxygen atoms in total. The van der Waals surface area contributed by atoms with Gasteiger partial charge in [0.2, 0.25) is 0 Å². The lowest BCUT2D eigenvalue weighted by atomic mass is 10.2. The molecule has 2 rings (SSSR count). The molecular weight excluding hydrogens is 246 g/mol. The van der Waals surface area contributed by atoms with E-state index in [4.69, 9.17) is 5.11 Å². The number of rotatable bonds is 2. The minimum absolute atomic E-state index is 0.0203. The number of thiophene rings is 1. The van der Waals surface area contributed by atoms with Crippen molar-refractivity contribution in [2.24, 2.45) is 0 Å². The first-order valence-corrected chi connectivity index (χ1v) is 6.42. The summed E-state index contributed by atoms with van der Waals surface area (Å²) in [6.45, 7) is 2.17. The van der Waals surface area contributed by atoms with E-state index >= 15 is 0 Å². The lowest BCUT2D eigenvalue weighted by Gasteiger charge is -2.05. The van der Waals surface area contributed by atoms with Gasteiger partial charge in [-0.15, -0.1) is 11.3 Å². The van der Waals surface area contributed by atoms with Crippen molar-refractivity contribution in [1.29, 1.82) is 0 Å². The Labute approximate surface area is 109 Å². The molecule has 0 amide bonds. The average Bonchev–Trinajstić information content (AvgIpc) is 2.80. The van der Waals surface area contributed by atoms with Crippen LogP contribution < -0.4 is 5.56 Å². The van der Waals surface area contributed by atoms with E-state index in [9.17, 15) is 4.79 Å². The molecule has 0 unspecified atom stereocenters. The molecule has 2 aromatic rings. The third kappa shape index (κ3) is 2.70. The van der Waals surface area contributed by atoms with Crippen LogP contribution in [0.1, 0.15) is 16.0 Å². The van der Waals surface area contributed by atoms with E-state index in [1.54, 1.807) is 35.1 Å². The number of aliphatic hydroxyl groups excluding tert-OH is 1. The van der Waals surface area contributed by atoms with Crippen molar-refractivity contribution in [2.75, 3.05) is 6.61 Å². The van der Waals surface area contributed by atoms with E-state index in [-0.39, 0.29) is 12.2 Å². The molecular formula is C14H13NO2S. The van der Waals surface area contributed by atoms with E-state index in [1.165, 1.54) is 0 Å². The van der Waals surface area contributed by atoms with Crippen molar-refractivity contribution in [3.05, 3.63) is 56.1 Å². The van der Waals surface area contributed by atoms with Crippen LogP contribution in [-0.2, 0) is 6.54 Å². The Hall–Kier alpha value is -1.83. The predicted octanol–water partition coefficient (Wildman–Crippen LogP) is 1.61. The quantitative estimate of drug-likeness (QED) is 0.833. The first-order chi connectivity index (χ1) is 8.72. The minimum atomic E-state index is -0.153. The molecule has 0 fully saturated rings. The predicted molar refractivity (Wildman–Crippen MR) is 72.8 cm³/mol. The van der Waals surface area contributed by atoms with Crippen LogP contribution >= 0.6 is 11.3 Å². The summed E-state index contributed by atoms with van der Waals surface area (Å²) >= 11 is 1.57. The van der Waals surface area contributed by atoms with Crippen molar-refractivity contribution in [3.8, 4) is 11.8 Å². The maximum atomic E-state index is 11.9. The van der Waals surface area contributed by atoms with Crippen molar-refractivity contribution in [1.82, 2.24) is 4.57 Å². The molecule has 0 aliphatic rings. The summed E-state index contributed by atoms with van der Waals surface area (Å²) in [5.74, 6) is 5.52. The molecule has 2 heterocycles. The van der Waals surface area contributed by atoms with Crippen molar-refractivity contribution in [2.45, 2.75) is 13.5 Å². The highest BCUT2D eigenvalue weighted by Gasteiger charge is 2.05. The van der Waals surface area contributed by atoms with Gasteiger partial charge >= 0.3 is 0 Å². The SMILES string of the molecule is Cc1cccn(Cc2sccc2C#CCO)c1=O.